The monoisotopic (exact) mass is 488 g/mol. The Balaban J connectivity index is 1.47. The van der Waals surface area contributed by atoms with Gasteiger partial charge < -0.3 is 26.7 Å². The summed E-state index contributed by atoms with van der Waals surface area (Å²) in [5.41, 5.74) is 13.1. The van der Waals surface area contributed by atoms with Crippen molar-refractivity contribution in [2.75, 3.05) is 11.5 Å². The number of carbonyl (C=O) groups is 3. The number of thioether (sulfide) groups is 1. The number of thiazole rings is 1. The second-order valence-corrected chi connectivity index (χ2v) is 9.12. The summed E-state index contributed by atoms with van der Waals surface area (Å²) in [6.45, 7) is 0.526. The van der Waals surface area contributed by atoms with E-state index >= 15 is 0 Å². The minimum atomic E-state index is -1.19. The molecule has 0 aliphatic carbocycles. The van der Waals surface area contributed by atoms with E-state index in [1.165, 1.54) is 22.7 Å². The van der Waals surface area contributed by atoms with Gasteiger partial charge in [0.25, 0.3) is 11.8 Å². The highest BCUT2D eigenvalue weighted by atomic mass is 32.2. The predicted octanol–water partition coefficient (Wildman–Crippen LogP) is 0.473. The maximum atomic E-state index is 13.0. The fourth-order valence-corrected chi connectivity index (χ4v) is 5.03. The third-order valence-electron chi connectivity index (χ3n) is 4.98. The summed E-state index contributed by atoms with van der Waals surface area (Å²) >= 11 is 2.49. The second kappa shape index (κ2) is 9.60. The van der Waals surface area contributed by atoms with E-state index in [4.69, 9.17) is 16.3 Å². The number of fused-ring (bicyclic) bond motifs is 1. The van der Waals surface area contributed by atoms with Gasteiger partial charge in [0, 0.05) is 17.7 Å². The minimum absolute atomic E-state index is 0.0839. The summed E-state index contributed by atoms with van der Waals surface area (Å²) in [4.78, 5) is 47.5. The van der Waals surface area contributed by atoms with Crippen LogP contribution in [0.1, 0.15) is 16.8 Å². The fourth-order valence-electron chi connectivity index (χ4n) is 3.29. The first-order valence-corrected chi connectivity index (χ1v) is 11.7. The van der Waals surface area contributed by atoms with Crippen LogP contribution >= 0.6 is 23.1 Å². The number of nitrogens with one attached hydrogen (secondary N) is 1. The Morgan fingerprint density at radius 1 is 1.30 bits per heavy atom. The molecule has 0 radical (unpaired) electrons. The summed E-state index contributed by atoms with van der Waals surface area (Å²) in [7, 11) is 0. The molecule has 11 nitrogen and oxygen atoms in total. The van der Waals surface area contributed by atoms with E-state index in [1.807, 2.05) is 24.3 Å². The Morgan fingerprint density at radius 3 is 2.67 bits per heavy atom. The lowest BCUT2D eigenvalue weighted by molar-refractivity contribution is -0.150. The highest BCUT2D eigenvalue weighted by molar-refractivity contribution is 8.00. The average Bonchev–Trinajstić information content (AvgIpc) is 3.25. The molecule has 3 heterocycles. The molecule has 33 heavy (non-hydrogen) atoms. The van der Waals surface area contributed by atoms with Crippen molar-refractivity contribution in [2.45, 2.75) is 24.6 Å². The van der Waals surface area contributed by atoms with Gasteiger partial charge in [0.2, 0.25) is 0 Å². The number of hydrogen-bond donors (Lipinski definition) is 4. The van der Waals surface area contributed by atoms with Crippen LogP contribution in [0.4, 0.5) is 5.13 Å². The molecule has 0 spiro atoms. The first-order chi connectivity index (χ1) is 15.9. The van der Waals surface area contributed by atoms with E-state index in [-0.39, 0.29) is 28.8 Å². The van der Waals surface area contributed by atoms with Crippen molar-refractivity contribution in [2.24, 2.45) is 10.9 Å². The van der Waals surface area contributed by atoms with E-state index in [0.29, 0.717) is 12.3 Å². The number of nitrogen functional groups attached to an aromatic ring is 1. The minimum Gasteiger partial charge on any atom is -0.477 e. The molecule has 1 fully saturated rings. The summed E-state index contributed by atoms with van der Waals surface area (Å²) in [6.07, 6.45) is 1.47. The number of β-lactam (4-membered cyclic amide) rings is 1. The van der Waals surface area contributed by atoms with Gasteiger partial charge in [-0.3, -0.25) is 14.5 Å². The number of anilines is 1. The third kappa shape index (κ3) is 4.69. The molecule has 2 aliphatic rings. The van der Waals surface area contributed by atoms with E-state index in [2.05, 4.69) is 15.5 Å². The van der Waals surface area contributed by atoms with Crippen LogP contribution < -0.4 is 16.8 Å². The van der Waals surface area contributed by atoms with Gasteiger partial charge in [0.05, 0.1) is 0 Å². The van der Waals surface area contributed by atoms with E-state index in [1.54, 1.807) is 5.38 Å². The third-order valence-corrected chi connectivity index (χ3v) is 6.83. The lowest BCUT2D eigenvalue weighted by atomic mass is 10.0. The molecule has 2 aromatic rings. The van der Waals surface area contributed by atoms with Crippen LogP contribution in [-0.4, -0.2) is 55.7 Å². The highest BCUT2D eigenvalue weighted by Crippen LogP contribution is 2.37. The molecule has 13 heteroatoms. The van der Waals surface area contributed by atoms with Crippen molar-refractivity contribution in [1.82, 2.24) is 15.2 Å². The standard InChI is InChI=1S/C20H20N6O5S2/c21-7-10-1-3-11(4-2-10)8-31-25-14(12-9-33-20(22)23-12)16(27)24-15-17(28)26-13(19(29)30)5-6-32-18(15)26/h1-5,9,15,18H,6-8,21H2,(H2,22,23)(H,24,27)(H,29,30)/b25-14+. The lowest BCUT2D eigenvalue weighted by Crippen LogP contribution is -2.70. The number of nitrogens with zero attached hydrogens (tertiary/aromatic N) is 3. The van der Waals surface area contributed by atoms with E-state index in [9.17, 15) is 19.5 Å². The Labute approximate surface area is 196 Å². The number of oxime groups is 1. The van der Waals surface area contributed by atoms with Crippen molar-refractivity contribution in [3.8, 4) is 0 Å². The summed E-state index contributed by atoms with van der Waals surface area (Å²) in [5.74, 6) is -1.96. The van der Waals surface area contributed by atoms with Crippen LogP contribution in [0.5, 0.6) is 0 Å². The number of aromatic nitrogens is 1. The van der Waals surface area contributed by atoms with Crippen LogP contribution in [0.2, 0.25) is 0 Å². The number of carboxylic acid groups (broad SMARTS) is 1. The average molecular weight is 489 g/mol. The highest BCUT2D eigenvalue weighted by Gasteiger charge is 2.53. The normalized spacial score (nSPS) is 19.9. The zero-order valence-corrected chi connectivity index (χ0v) is 18.8. The number of aliphatic carboxylic acids is 1. The van der Waals surface area contributed by atoms with Gasteiger partial charge in [0.1, 0.15) is 29.4 Å². The Hall–Kier alpha value is -3.42. The first kappa shape index (κ1) is 22.8. The van der Waals surface area contributed by atoms with Crippen LogP contribution in [0, 0.1) is 0 Å². The number of carboxylic acids is 1. The molecular weight excluding hydrogens is 468 g/mol. The Bertz CT molecular complexity index is 1150. The zero-order chi connectivity index (χ0) is 23.5. The number of rotatable bonds is 8. The fraction of sp³-hybridized carbons (Fsp3) is 0.250. The van der Waals surface area contributed by atoms with E-state index < -0.39 is 29.2 Å². The molecule has 172 valence electrons. The van der Waals surface area contributed by atoms with Crippen molar-refractivity contribution in [3.63, 3.8) is 0 Å². The molecule has 0 saturated carbocycles. The van der Waals surface area contributed by atoms with Crippen molar-refractivity contribution in [3.05, 3.63) is 58.2 Å². The number of carbonyl (C=O) groups excluding carboxylic acids is 2. The second-order valence-electron chi connectivity index (χ2n) is 7.08. The van der Waals surface area contributed by atoms with Crippen LogP contribution in [0.3, 0.4) is 0 Å². The van der Waals surface area contributed by atoms with Crippen LogP contribution in [0.25, 0.3) is 0 Å². The molecular formula is C20H20N6O5S2. The quantitative estimate of drug-likeness (QED) is 0.234. The number of benzene rings is 1. The van der Waals surface area contributed by atoms with E-state index in [0.717, 1.165) is 22.5 Å². The molecule has 6 N–H and O–H groups in total. The number of hydrogen-bond acceptors (Lipinski definition) is 10. The molecule has 1 aromatic heterocycles. The maximum Gasteiger partial charge on any atom is 0.352 e. The smallest absolute Gasteiger partial charge is 0.352 e. The molecule has 4 rings (SSSR count). The molecule has 2 aliphatic heterocycles. The summed E-state index contributed by atoms with van der Waals surface area (Å²) in [6, 6.07) is 6.52. The van der Waals surface area contributed by atoms with Crippen molar-refractivity contribution in [1.29, 1.82) is 0 Å². The van der Waals surface area contributed by atoms with Gasteiger partial charge in [-0.2, -0.15) is 0 Å². The van der Waals surface area contributed by atoms with Gasteiger partial charge in [-0.25, -0.2) is 9.78 Å². The molecule has 2 unspecified atom stereocenters. The topological polar surface area (TPSA) is 173 Å². The molecule has 1 saturated heterocycles. The van der Waals surface area contributed by atoms with Crippen molar-refractivity contribution >= 4 is 51.7 Å². The Kier molecular flexibility index (Phi) is 6.62. The van der Waals surface area contributed by atoms with Crippen LogP contribution in [-0.2, 0) is 32.4 Å². The number of amides is 2. The molecule has 2 amide bonds. The maximum absolute atomic E-state index is 13.0. The first-order valence-electron chi connectivity index (χ1n) is 9.77. The lowest BCUT2D eigenvalue weighted by Gasteiger charge is -2.48. The molecule has 1 aromatic carbocycles. The zero-order valence-electron chi connectivity index (χ0n) is 17.1. The number of nitrogens with two attached hydrogens (primary N) is 2. The summed E-state index contributed by atoms with van der Waals surface area (Å²) < 4.78 is 0. The van der Waals surface area contributed by atoms with Crippen molar-refractivity contribution < 1.29 is 24.3 Å². The molecule has 2 atom stereocenters. The largest absolute Gasteiger partial charge is 0.477 e. The van der Waals surface area contributed by atoms with Gasteiger partial charge in [-0.05, 0) is 17.2 Å². The SMILES string of the molecule is NCc1ccc(CO/N=C(/C(=O)NC2C(=O)N3C(C(=O)O)=CCSC23)c2csc(N)n2)cc1. The van der Waals surface area contributed by atoms with Gasteiger partial charge >= 0.3 is 5.97 Å². The van der Waals surface area contributed by atoms with Gasteiger partial charge in [0.15, 0.2) is 10.8 Å². The summed E-state index contributed by atoms with van der Waals surface area (Å²) in [5, 5.41) is 17.2. The van der Waals surface area contributed by atoms with Crippen LogP contribution in [0.15, 0.2) is 46.6 Å². The predicted molar refractivity (Wildman–Crippen MR) is 123 cm³/mol. The Morgan fingerprint density at radius 2 is 2.03 bits per heavy atom. The molecule has 0 bridgehead atoms. The van der Waals surface area contributed by atoms with Gasteiger partial charge in [-0.1, -0.05) is 29.4 Å². The van der Waals surface area contributed by atoms with Gasteiger partial charge in [-0.15, -0.1) is 23.1 Å².